The molecule has 1 unspecified atom stereocenters. The Kier molecular flexibility index (Phi) is 6.52. The molecular weight excluding hydrogens is 260 g/mol. The van der Waals surface area contributed by atoms with Crippen LogP contribution in [0.4, 0.5) is 0 Å². The van der Waals surface area contributed by atoms with Crippen LogP contribution in [0.15, 0.2) is 24.3 Å². The summed E-state index contributed by atoms with van der Waals surface area (Å²) in [7, 11) is 0. The van der Waals surface area contributed by atoms with Crippen LogP contribution in [-0.2, 0) is 14.3 Å². The molecule has 110 valence electrons. The van der Waals surface area contributed by atoms with E-state index in [1.807, 2.05) is 31.2 Å². The van der Waals surface area contributed by atoms with Gasteiger partial charge in [-0.2, -0.15) is 0 Å². The standard InChI is InChI=1S/C14H20N2O4/c1-3-19-14(18)12(15)13(17)16-7-8-20-11-6-4-5-10(2)9-11/h4-6,9,12H,3,7-8,15H2,1-2H3,(H,16,17). The van der Waals surface area contributed by atoms with Crippen molar-refractivity contribution >= 4 is 11.9 Å². The van der Waals surface area contributed by atoms with Gasteiger partial charge in [0.05, 0.1) is 13.2 Å². The highest BCUT2D eigenvalue weighted by molar-refractivity contribution is 6.01. The second-order valence-corrected chi connectivity index (χ2v) is 4.19. The van der Waals surface area contributed by atoms with Gasteiger partial charge in [0.25, 0.3) is 0 Å². The Morgan fingerprint density at radius 2 is 2.15 bits per heavy atom. The molecule has 1 rings (SSSR count). The van der Waals surface area contributed by atoms with E-state index in [9.17, 15) is 9.59 Å². The Bertz CT molecular complexity index is 462. The van der Waals surface area contributed by atoms with Gasteiger partial charge in [0.15, 0.2) is 6.04 Å². The quantitative estimate of drug-likeness (QED) is 0.428. The fourth-order valence-corrected chi connectivity index (χ4v) is 1.50. The molecule has 0 bridgehead atoms. The summed E-state index contributed by atoms with van der Waals surface area (Å²) in [5.41, 5.74) is 6.53. The van der Waals surface area contributed by atoms with E-state index in [2.05, 4.69) is 10.1 Å². The Hall–Kier alpha value is -2.08. The average Bonchev–Trinajstić information content (AvgIpc) is 2.43. The molecule has 1 atom stereocenters. The van der Waals surface area contributed by atoms with E-state index >= 15 is 0 Å². The van der Waals surface area contributed by atoms with Crippen LogP contribution in [0.2, 0.25) is 0 Å². The first kappa shape index (κ1) is 16.0. The molecule has 0 saturated carbocycles. The average molecular weight is 280 g/mol. The number of carbonyl (C=O) groups excluding carboxylic acids is 2. The van der Waals surface area contributed by atoms with E-state index in [1.165, 1.54) is 0 Å². The van der Waals surface area contributed by atoms with Gasteiger partial charge in [-0.1, -0.05) is 12.1 Å². The summed E-state index contributed by atoms with van der Waals surface area (Å²) in [5, 5.41) is 2.52. The predicted molar refractivity (Wildman–Crippen MR) is 74.3 cm³/mol. The number of hydrogen-bond acceptors (Lipinski definition) is 5. The number of hydrogen-bond donors (Lipinski definition) is 2. The molecule has 0 aliphatic heterocycles. The zero-order valence-corrected chi connectivity index (χ0v) is 11.7. The lowest BCUT2D eigenvalue weighted by atomic mass is 10.2. The van der Waals surface area contributed by atoms with Crippen molar-refractivity contribution in [2.45, 2.75) is 19.9 Å². The van der Waals surface area contributed by atoms with Gasteiger partial charge < -0.3 is 20.5 Å². The highest BCUT2D eigenvalue weighted by Gasteiger charge is 2.22. The molecule has 0 aliphatic carbocycles. The number of amides is 1. The lowest BCUT2D eigenvalue weighted by Gasteiger charge is -2.12. The number of nitrogens with two attached hydrogens (primary N) is 1. The van der Waals surface area contributed by atoms with Gasteiger partial charge in [0.2, 0.25) is 5.91 Å². The highest BCUT2D eigenvalue weighted by Crippen LogP contribution is 2.11. The van der Waals surface area contributed by atoms with Gasteiger partial charge in [0, 0.05) is 0 Å². The van der Waals surface area contributed by atoms with Gasteiger partial charge in [-0.3, -0.25) is 4.79 Å². The van der Waals surface area contributed by atoms with Crippen LogP contribution >= 0.6 is 0 Å². The second-order valence-electron chi connectivity index (χ2n) is 4.19. The summed E-state index contributed by atoms with van der Waals surface area (Å²) in [6.45, 7) is 4.37. The third kappa shape index (κ3) is 5.27. The molecule has 0 heterocycles. The summed E-state index contributed by atoms with van der Waals surface area (Å²) in [6, 6.07) is 6.28. The van der Waals surface area contributed by atoms with Crippen molar-refractivity contribution in [3.8, 4) is 5.75 Å². The molecule has 0 aliphatic rings. The molecule has 1 amide bonds. The Morgan fingerprint density at radius 3 is 2.80 bits per heavy atom. The fraction of sp³-hybridized carbons (Fsp3) is 0.429. The summed E-state index contributed by atoms with van der Waals surface area (Å²) in [4.78, 5) is 22.8. The van der Waals surface area contributed by atoms with Crippen LogP contribution in [0, 0.1) is 6.92 Å². The number of ether oxygens (including phenoxy) is 2. The number of nitrogens with one attached hydrogen (secondary N) is 1. The topological polar surface area (TPSA) is 90.7 Å². The number of esters is 1. The van der Waals surface area contributed by atoms with Crippen molar-refractivity contribution in [2.75, 3.05) is 19.8 Å². The van der Waals surface area contributed by atoms with Gasteiger partial charge in [-0.05, 0) is 31.5 Å². The normalized spacial score (nSPS) is 11.6. The van der Waals surface area contributed by atoms with Crippen molar-refractivity contribution in [1.29, 1.82) is 0 Å². The monoisotopic (exact) mass is 280 g/mol. The molecule has 0 aromatic heterocycles. The molecular formula is C14H20N2O4. The Balaban J connectivity index is 2.27. The molecule has 0 saturated heterocycles. The van der Waals surface area contributed by atoms with E-state index in [0.717, 1.165) is 11.3 Å². The van der Waals surface area contributed by atoms with Gasteiger partial charge in [-0.25, -0.2) is 4.79 Å². The largest absolute Gasteiger partial charge is 0.492 e. The van der Waals surface area contributed by atoms with Crippen LogP contribution in [-0.4, -0.2) is 37.7 Å². The summed E-state index contributed by atoms with van der Waals surface area (Å²) in [6.07, 6.45) is 0. The van der Waals surface area contributed by atoms with Crippen LogP contribution < -0.4 is 15.8 Å². The smallest absolute Gasteiger partial charge is 0.332 e. The van der Waals surface area contributed by atoms with Crippen molar-refractivity contribution < 1.29 is 19.1 Å². The molecule has 1 aromatic carbocycles. The third-order valence-corrected chi connectivity index (χ3v) is 2.48. The van der Waals surface area contributed by atoms with Crippen LogP contribution in [0.25, 0.3) is 0 Å². The van der Waals surface area contributed by atoms with Crippen molar-refractivity contribution in [3.05, 3.63) is 29.8 Å². The first-order valence-electron chi connectivity index (χ1n) is 6.44. The Labute approximate surface area is 118 Å². The first-order valence-corrected chi connectivity index (χ1v) is 6.44. The van der Waals surface area contributed by atoms with E-state index < -0.39 is 17.9 Å². The first-order chi connectivity index (χ1) is 9.54. The number of carbonyl (C=O) groups is 2. The molecule has 20 heavy (non-hydrogen) atoms. The summed E-state index contributed by atoms with van der Waals surface area (Å²) >= 11 is 0. The lowest BCUT2D eigenvalue weighted by Crippen LogP contribution is -2.47. The minimum Gasteiger partial charge on any atom is -0.492 e. The maximum Gasteiger partial charge on any atom is 0.332 e. The molecule has 6 nitrogen and oxygen atoms in total. The Morgan fingerprint density at radius 1 is 1.40 bits per heavy atom. The van der Waals surface area contributed by atoms with E-state index in [4.69, 9.17) is 10.5 Å². The van der Waals surface area contributed by atoms with E-state index in [-0.39, 0.29) is 13.2 Å². The maximum atomic E-state index is 11.5. The zero-order valence-electron chi connectivity index (χ0n) is 11.7. The molecule has 0 fully saturated rings. The highest BCUT2D eigenvalue weighted by atomic mass is 16.5. The van der Waals surface area contributed by atoms with Crippen molar-refractivity contribution in [1.82, 2.24) is 5.32 Å². The number of rotatable bonds is 7. The number of aryl methyl sites for hydroxylation is 1. The van der Waals surface area contributed by atoms with Gasteiger partial charge in [0.1, 0.15) is 12.4 Å². The minimum absolute atomic E-state index is 0.191. The van der Waals surface area contributed by atoms with Crippen LogP contribution in [0.3, 0.4) is 0 Å². The summed E-state index contributed by atoms with van der Waals surface area (Å²) in [5.74, 6) is -0.574. The van der Waals surface area contributed by atoms with Crippen molar-refractivity contribution in [2.24, 2.45) is 5.73 Å². The third-order valence-electron chi connectivity index (χ3n) is 2.48. The summed E-state index contributed by atoms with van der Waals surface area (Å²) < 4.78 is 10.1. The number of benzene rings is 1. The minimum atomic E-state index is -1.30. The van der Waals surface area contributed by atoms with Gasteiger partial charge >= 0.3 is 5.97 Å². The SMILES string of the molecule is CCOC(=O)C(N)C(=O)NCCOc1cccc(C)c1. The molecule has 0 radical (unpaired) electrons. The molecule has 1 aromatic rings. The van der Waals surface area contributed by atoms with Crippen LogP contribution in [0.1, 0.15) is 12.5 Å². The lowest BCUT2D eigenvalue weighted by molar-refractivity contribution is -0.148. The predicted octanol–water partition coefficient (Wildman–Crippen LogP) is 0.380. The van der Waals surface area contributed by atoms with Gasteiger partial charge in [-0.15, -0.1) is 0 Å². The van der Waals surface area contributed by atoms with Crippen LogP contribution in [0.5, 0.6) is 5.75 Å². The molecule has 0 spiro atoms. The fourth-order valence-electron chi connectivity index (χ4n) is 1.50. The van der Waals surface area contributed by atoms with E-state index in [0.29, 0.717) is 6.61 Å². The molecule has 3 N–H and O–H groups in total. The van der Waals surface area contributed by atoms with E-state index in [1.54, 1.807) is 6.92 Å². The van der Waals surface area contributed by atoms with Crippen molar-refractivity contribution in [3.63, 3.8) is 0 Å². The zero-order chi connectivity index (χ0) is 15.0. The maximum absolute atomic E-state index is 11.5. The molecule has 6 heteroatoms. The second kappa shape index (κ2) is 8.16.